The van der Waals surface area contributed by atoms with E-state index in [1.165, 1.54) is 18.2 Å². The quantitative estimate of drug-likeness (QED) is 0.731. The predicted molar refractivity (Wildman–Crippen MR) is 103 cm³/mol. The lowest BCUT2D eigenvalue weighted by Crippen LogP contribution is -2.34. The van der Waals surface area contributed by atoms with Crippen molar-refractivity contribution in [3.63, 3.8) is 0 Å². The summed E-state index contributed by atoms with van der Waals surface area (Å²) in [7, 11) is 0. The lowest BCUT2D eigenvalue weighted by Gasteiger charge is -2.21. The highest BCUT2D eigenvalue weighted by Gasteiger charge is 2.25. The molecule has 0 radical (unpaired) electrons. The van der Waals surface area contributed by atoms with Crippen LogP contribution in [0.1, 0.15) is 35.7 Å². The summed E-state index contributed by atoms with van der Waals surface area (Å²) < 4.78 is 27.7. The number of nitrogens with one attached hydrogen (secondary N) is 2. The summed E-state index contributed by atoms with van der Waals surface area (Å²) in [6.07, 6.45) is 1.94. The van der Waals surface area contributed by atoms with E-state index in [9.17, 15) is 18.4 Å². The zero-order valence-corrected chi connectivity index (χ0v) is 15.7. The molecule has 5 nitrogen and oxygen atoms in total. The lowest BCUT2D eigenvalue weighted by atomic mass is 10.1. The van der Waals surface area contributed by atoms with Gasteiger partial charge in [0.05, 0.1) is 17.8 Å². The van der Waals surface area contributed by atoms with Crippen molar-refractivity contribution in [1.82, 2.24) is 10.2 Å². The maximum Gasteiger partial charge on any atom is 0.253 e. The van der Waals surface area contributed by atoms with Crippen LogP contribution < -0.4 is 10.6 Å². The van der Waals surface area contributed by atoms with Gasteiger partial charge in [-0.25, -0.2) is 8.78 Å². The summed E-state index contributed by atoms with van der Waals surface area (Å²) in [6.45, 7) is 2.17. The Balaban J connectivity index is 1.65. The number of nitrogens with zero attached hydrogens (tertiary/aromatic N) is 1. The van der Waals surface area contributed by atoms with E-state index in [2.05, 4.69) is 10.6 Å². The molecule has 2 N–H and O–H groups in total. The summed E-state index contributed by atoms with van der Waals surface area (Å²) >= 11 is 0. The van der Waals surface area contributed by atoms with E-state index in [4.69, 9.17) is 0 Å². The smallest absolute Gasteiger partial charge is 0.253 e. The zero-order valence-electron chi connectivity index (χ0n) is 15.7. The molecule has 0 aromatic heterocycles. The van der Waals surface area contributed by atoms with Crippen molar-refractivity contribution in [2.45, 2.75) is 32.4 Å². The first-order valence-electron chi connectivity index (χ1n) is 9.33. The Labute approximate surface area is 162 Å². The van der Waals surface area contributed by atoms with Crippen LogP contribution in [-0.4, -0.2) is 35.8 Å². The van der Waals surface area contributed by atoms with Gasteiger partial charge in [0, 0.05) is 18.2 Å². The first kappa shape index (κ1) is 19.9. The molecule has 0 bridgehead atoms. The second-order valence-electron chi connectivity index (χ2n) is 6.84. The SMILES string of the molecule is CCN(CC(=O)Nc1ccccc1C(=O)NC1CC1)Cc1c(F)cccc1F. The Hall–Kier alpha value is -2.80. The van der Waals surface area contributed by atoms with E-state index in [1.807, 2.05) is 6.92 Å². The minimum absolute atomic E-state index is 0.0216. The second kappa shape index (κ2) is 8.93. The third-order valence-electron chi connectivity index (χ3n) is 4.62. The van der Waals surface area contributed by atoms with Crippen molar-refractivity contribution in [3.05, 3.63) is 65.2 Å². The van der Waals surface area contributed by atoms with Crippen molar-refractivity contribution < 1.29 is 18.4 Å². The van der Waals surface area contributed by atoms with Crippen molar-refractivity contribution in [3.8, 4) is 0 Å². The fourth-order valence-electron chi connectivity index (χ4n) is 2.86. The molecule has 2 aromatic rings. The molecule has 0 saturated heterocycles. The molecule has 1 aliphatic rings. The minimum atomic E-state index is -0.638. The normalized spacial score (nSPS) is 13.4. The van der Waals surface area contributed by atoms with Crippen molar-refractivity contribution >= 4 is 17.5 Å². The van der Waals surface area contributed by atoms with E-state index in [-0.39, 0.29) is 36.5 Å². The van der Waals surface area contributed by atoms with Crippen LogP contribution in [0.4, 0.5) is 14.5 Å². The Morgan fingerprint density at radius 3 is 2.39 bits per heavy atom. The predicted octanol–water partition coefficient (Wildman–Crippen LogP) is 3.32. The molecule has 28 heavy (non-hydrogen) atoms. The number of anilines is 1. The summed E-state index contributed by atoms with van der Waals surface area (Å²) in [5.41, 5.74) is 0.742. The third-order valence-corrected chi connectivity index (χ3v) is 4.62. The highest BCUT2D eigenvalue weighted by atomic mass is 19.1. The zero-order chi connectivity index (χ0) is 20.1. The average Bonchev–Trinajstić information content (AvgIpc) is 3.48. The van der Waals surface area contributed by atoms with Crippen LogP contribution in [-0.2, 0) is 11.3 Å². The molecule has 7 heteroatoms. The fourth-order valence-corrected chi connectivity index (χ4v) is 2.86. The van der Waals surface area contributed by atoms with Gasteiger partial charge in [0.15, 0.2) is 0 Å². The van der Waals surface area contributed by atoms with Gasteiger partial charge in [-0.2, -0.15) is 0 Å². The molecule has 3 rings (SSSR count). The van der Waals surface area contributed by atoms with Crippen molar-refractivity contribution in [2.24, 2.45) is 0 Å². The number of amides is 2. The molecule has 1 saturated carbocycles. The molecule has 1 fully saturated rings. The molecule has 2 amide bonds. The van der Waals surface area contributed by atoms with Gasteiger partial charge in [0.2, 0.25) is 5.91 Å². The largest absolute Gasteiger partial charge is 0.349 e. The van der Waals surface area contributed by atoms with Gasteiger partial charge < -0.3 is 10.6 Å². The number of hydrogen-bond acceptors (Lipinski definition) is 3. The standard InChI is InChI=1S/C21H23F2N3O2/c1-2-26(12-16-17(22)7-5-8-18(16)23)13-20(27)25-19-9-4-3-6-15(19)21(28)24-14-10-11-14/h3-9,14H,2,10-13H2,1H3,(H,24,28)(H,25,27). The van der Waals surface area contributed by atoms with E-state index < -0.39 is 11.6 Å². The van der Waals surface area contributed by atoms with E-state index in [0.717, 1.165) is 12.8 Å². The molecule has 0 heterocycles. The van der Waals surface area contributed by atoms with Crippen molar-refractivity contribution in [1.29, 1.82) is 0 Å². The highest BCUT2D eigenvalue weighted by Crippen LogP contribution is 2.22. The van der Waals surface area contributed by atoms with Gasteiger partial charge in [0.1, 0.15) is 11.6 Å². The van der Waals surface area contributed by atoms with Crippen LogP contribution in [0.3, 0.4) is 0 Å². The number of halogens is 2. The molecule has 148 valence electrons. The van der Waals surface area contributed by atoms with Crippen LogP contribution in [0, 0.1) is 11.6 Å². The molecule has 2 aromatic carbocycles. The molecular formula is C21H23F2N3O2. The third kappa shape index (κ3) is 5.13. The Bertz CT molecular complexity index is 848. The van der Waals surface area contributed by atoms with Gasteiger partial charge in [-0.15, -0.1) is 0 Å². The second-order valence-corrected chi connectivity index (χ2v) is 6.84. The average molecular weight is 387 g/mol. The number of benzene rings is 2. The summed E-state index contributed by atoms with van der Waals surface area (Å²) in [5.74, 6) is -1.86. The number of likely N-dealkylation sites (N-methyl/N-ethyl adjacent to an activating group) is 1. The molecule has 1 aliphatic carbocycles. The number of rotatable bonds is 8. The summed E-state index contributed by atoms with van der Waals surface area (Å²) in [6, 6.07) is 10.7. The number of carbonyl (C=O) groups is 2. The van der Waals surface area contributed by atoms with E-state index in [0.29, 0.717) is 17.8 Å². The highest BCUT2D eigenvalue weighted by molar-refractivity contribution is 6.04. The first-order chi connectivity index (χ1) is 13.5. The van der Waals surface area contributed by atoms with Gasteiger partial charge in [-0.05, 0) is 43.7 Å². The number of hydrogen-bond donors (Lipinski definition) is 2. The number of carbonyl (C=O) groups excluding carboxylic acids is 2. The summed E-state index contributed by atoms with van der Waals surface area (Å²) in [4.78, 5) is 26.4. The molecule has 0 aliphatic heterocycles. The van der Waals surface area contributed by atoms with Gasteiger partial charge >= 0.3 is 0 Å². The number of para-hydroxylation sites is 1. The lowest BCUT2D eigenvalue weighted by molar-refractivity contribution is -0.117. The Morgan fingerprint density at radius 1 is 1.07 bits per heavy atom. The summed E-state index contributed by atoms with van der Waals surface area (Å²) in [5, 5.41) is 5.63. The molecule has 0 unspecified atom stereocenters. The van der Waals surface area contributed by atoms with E-state index in [1.54, 1.807) is 29.2 Å². The van der Waals surface area contributed by atoms with E-state index >= 15 is 0 Å². The Morgan fingerprint density at radius 2 is 1.75 bits per heavy atom. The van der Waals surface area contributed by atoms with Gasteiger partial charge in [0.25, 0.3) is 5.91 Å². The van der Waals surface area contributed by atoms with Gasteiger partial charge in [-0.1, -0.05) is 25.1 Å². The van der Waals surface area contributed by atoms with Crippen LogP contribution in [0.25, 0.3) is 0 Å². The monoisotopic (exact) mass is 387 g/mol. The van der Waals surface area contributed by atoms with Crippen molar-refractivity contribution in [2.75, 3.05) is 18.4 Å². The van der Waals surface area contributed by atoms with Crippen LogP contribution >= 0.6 is 0 Å². The van der Waals surface area contributed by atoms with Crippen LogP contribution in [0.5, 0.6) is 0 Å². The molecular weight excluding hydrogens is 364 g/mol. The molecule has 0 spiro atoms. The topological polar surface area (TPSA) is 61.4 Å². The van der Waals surface area contributed by atoms with Crippen LogP contribution in [0.15, 0.2) is 42.5 Å². The maximum absolute atomic E-state index is 13.9. The minimum Gasteiger partial charge on any atom is -0.349 e. The first-order valence-corrected chi connectivity index (χ1v) is 9.33. The Kier molecular flexibility index (Phi) is 6.36. The van der Waals surface area contributed by atoms with Crippen LogP contribution in [0.2, 0.25) is 0 Å². The molecule has 0 atom stereocenters. The fraction of sp³-hybridized carbons (Fsp3) is 0.333. The maximum atomic E-state index is 13.9. The van der Waals surface area contributed by atoms with Gasteiger partial charge in [-0.3, -0.25) is 14.5 Å².